The molecule has 0 radical (unpaired) electrons. The summed E-state index contributed by atoms with van der Waals surface area (Å²) in [5.74, 6) is 0.389. The van der Waals surface area contributed by atoms with Crippen molar-refractivity contribution in [2.75, 3.05) is 18.0 Å². The molecule has 5 rings (SSSR count). The van der Waals surface area contributed by atoms with Gasteiger partial charge in [-0.3, -0.25) is 9.59 Å². The standard InChI is InChI=1S/C25H27N3O2/c1-16(2)12-14-27-22-11-7-5-9-20(22)25(24(27)30)23-19(13-15-28(25)17(3)29)18-8-4-6-10-21(18)26-23/h4-11,16,26H,12-15H2,1-3H3. The van der Waals surface area contributed by atoms with E-state index in [1.54, 1.807) is 11.8 Å². The second-order valence-corrected chi connectivity index (χ2v) is 8.81. The fourth-order valence-electron chi connectivity index (χ4n) is 5.24. The molecule has 0 bridgehead atoms. The number of para-hydroxylation sites is 2. The van der Waals surface area contributed by atoms with Gasteiger partial charge >= 0.3 is 0 Å². The molecular formula is C25H27N3O2. The van der Waals surface area contributed by atoms with Gasteiger partial charge in [0.05, 0.1) is 11.4 Å². The van der Waals surface area contributed by atoms with E-state index < -0.39 is 5.54 Å². The maximum atomic E-state index is 14.2. The van der Waals surface area contributed by atoms with E-state index in [0.717, 1.165) is 46.3 Å². The molecule has 1 spiro atoms. The van der Waals surface area contributed by atoms with Gasteiger partial charge in [0.1, 0.15) is 0 Å². The van der Waals surface area contributed by atoms with Gasteiger partial charge in [-0.25, -0.2) is 0 Å². The minimum atomic E-state index is -1.12. The highest BCUT2D eigenvalue weighted by Gasteiger charge is 2.60. The first kappa shape index (κ1) is 18.9. The molecule has 2 amide bonds. The van der Waals surface area contributed by atoms with E-state index in [0.29, 0.717) is 19.0 Å². The number of hydrogen-bond donors (Lipinski definition) is 1. The normalized spacial score (nSPS) is 20.3. The number of rotatable bonds is 3. The molecule has 0 fully saturated rings. The van der Waals surface area contributed by atoms with Gasteiger partial charge in [0.25, 0.3) is 5.91 Å². The smallest absolute Gasteiger partial charge is 0.263 e. The first-order valence-electron chi connectivity index (χ1n) is 10.8. The van der Waals surface area contributed by atoms with Crippen LogP contribution in [0.2, 0.25) is 0 Å². The Kier molecular flexibility index (Phi) is 4.24. The lowest BCUT2D eigenvalue weighted by Crippen LogP contribution is -2.59. The van der Waals surface area contributed by atoms with E-state index in [1.165, 1.54) is 0 Å². The molecule has 3 aromatic rings. The number of benzene rings is 2. The lowest BCUT2D eigenvalue weighted by atomic mass is 9.80. The zero-order chi connectivity index (χ0) is 21.0. The number of anilines is 1. The number of fused-ring (bicyclic) bond motifs is 6. The van der Waals surface area contributed by atoms with Crippen LogP contribution >= 0.6 is 0 Å². The lowest BCUT2D eigenvalue weighted by Gasteiger charge is -2.43. The van der Waals surface area contributed by atoms with Crippen LogP contribution in [0.3, 0.4) is 0 Å². The van der Waals surface area contributed by atoms with Crippen molar-refractivity contribution in [1.82, 2.24) is 9.88 Å². The molecule has 154 valence electrons. The predicted octanol–water partition coefficient (Wildman–Crippen LogP) is 4.21. The van der Waals surface area contributed by atoms with Crippen LogP contribution in [0.15, 0.2) is 48.5 Å². The van der Waals surface area contributed by atoms with Crippen molar-refractivity contribution in [2.24, 2.45) is 5.92 Å². The molecule has 1 N–H and O–H groups in total. The van der Waals surface area contributed by atoms with Gasteiger partial charge in [0.2, 0.25) is 5.91 Å². The predicted molar refractivity (Wildman–Crippen MR) is 118 cm³/mol. The Morgan fingerprint density at radius 1 is 1.13 bits per heavy atom. The maximum absolute atomic E-state index is 14.2. The summed E-state index contributed by atoms with van der Waals surface area (Å²) in [4.78, 5) is 34.3. The summed E-state index contributed by atoms with van der Waals surface area (Å²) in [6, 6.07) is 16.1. The Morgan fingerprint density at radius 3 is 2.63 bits per heavy atom. The number of aromatic amines is 1. The number of hydrogen-bond acceptors (Lipinski definition) is 2. The molecule has 0 saturated heterocycles. The topological polar surface area (TPSA) is 56.4 Å². The first-order chi connectivity index (χ1) is 14.5. The van der Waals surface area contributed by atoms with Crippen molar-refractivity contribution in [3.05, 3.63) is 65.4 Å². The van der Waals surface area contributed by atoms with Gasteiger partial charge in [0.15, 0.2) is 5.54 Å². The fraction of sp³-hybridized carbons (Fsp3) is 0.360. The molecule has 30 heavy (non-hydrogen) atoms. The summed E-state index contributed by atoms with van der Waals surface area (Å²) in [5.41, 5.74) is 3.72. The van der Waals surface area contributed by atoms with Crippen LogP contribution in [0.5, 0.6) is 0 Å². The Balaban J connectivity index is 1.80. The molecule has 2 aliphatic rings. The number of carbonyl (C=O) groups is 2. The number of carbonyl (C=O) groups excluding carboxylic acids is 2. The molecule has 0 saturated carbocycles. The van der Waals surface area contributed by atoms with Gasteiger partial charge < -0.3 is 14.8 Å². The van der Waals surface area contributed by atoms with Crippen LogP contribution in [0.4, 0.5) is 5.69 Å². The molecule has 1 atom stereocenters. The van der Waals surface area contributed by atoms with Gasteiger partial charge in [-0.05, 0) is 36.5 Å². The largest absolute Gasteiger partial charge is 0.355 e. The van der Waals surface area contributed by atoms with Crippen molar-refractivity contribution in [1.29, 1.82) is 0 Å². The summed E-state index contributed by atoms with van der Waals surface area (Å²) in [6.45, 7) is 7.09. The van der Waals surface area contributed by atoms with Gasteiger partial charge in [-0.15, -0.1) is 0 Å². The van der Waals surface area contributed by atoms with Gasteiger partial charge in [-0.2, -0.15) is 0 Å². The summed E-state index contributed by atoms with van der Waals surface area (Å²) < 4.78 is 0. The molecule has 1 aromatic heterocycles. The summed E-state index contributed by atoms with van der Waals surface area (Å²) >= 11 is 0. The molecule has 2 aromatic carbocycles. The van der Waals surface area contributed by atoms with Gasteiger partial charge in [0, 0.05) is 36.5 Å². The van der Waals surface area contributed by atoms with Crippen LogP contribution in [-0.4, -0.2) is 34.8 Å². The first-order valence-corrected chi connectivity index (χ1v) is 10.8. The monoisotopic (exact) mass is 401 g/mol. The highest BCUT2D eigenvalue weighted by Crippen LogP contribution is 2.52. The number of H-pyrrole nitrogens is 1. The second-order valence-electron chi connectivity index (χ2n) is 8.81. The van der Waals surface area contributed by atoms with Crippen molar-refractivity contribution in [3.63, 3.8) is 0 Å². The minimum absolute atomic E-state index is 0.0212. The number of amides is 2. The zero-order valence-electron chi connectivity index (χ0n) is 17.7. The van der Waals surface area contributed by atoms with Crippen LogP contribution < -0.4 is 4.90 Å². The number of nitrogens with zero attached hydrogens (tertiary/aromatic N) is 2. The molecule has 5 heteroatoms. The second kappa shape index (κ2) is 6.73. The van der Waals surface area contributed by atoms with E-state index in [1.807, 2.05) is 47.4 Å². The zero-order valence-corrected chi connectivity index (χ0v) is 17.7. The molecular weight excluding hydrogens is 374 g/mol. The average Bonchev–Trinajstić information content (AvgIpc) is 3.22. The Hall–Kier alpha value is -3.08. The molecule has 0 aliphatic carbocycles. The average molecular weight is 402 g/mol. The molecule has 2 aliphatic heterocycles. The molecule has 1 unspecified atom stereocenters. The third-order valence-corrected chi connectivity index (χ3v) is 6.62. The van der Waals surface area contributed by atoms with Crippen molar-refractivity contribution < 1.29 is 9.59 Å². The summed E-state index contributed by atoms with van der Waals surface area (Å²) in [5, 5.41) is 1.14. The Bertz CT molecular complexity index is 1160. The SMILES string of the molecule is CC(=O)N1CCc2c([nH]c3ccccc23)C12C(=O)N(CCC(C)C)c1ccccc12. The summed E-state index contributed by atoms with van der Waals surface area (Å²) in [7, 11) is 0. The summed E-state index contributed by atoms with van der Waals surface area (Å²) in [6.07, 6.45) is 1.65. The van der Waals surface area contributed by atoms with E-state index in [4.69, 9.17) is 0 Å². The van der Waals surface area contributed by atoms with E-state index >= 15 is 0 Å². The Morgan fingerprint density at radius 2 is 1.87 bits per heavy atom. The number of aromatic nitrogens is 1. The van der Waals surface area contributed by atoms with Crippen molar-refractivity contribution in [2.45, 2.75) is 39.2 Å². The van der Waals surface area contributed by atoms with E-state index in [2.05, 4.69) is 24.9 Å². The third kappa shape index (κ3) is 2.41. The molecule has 5 nitrogen and oxygen atoms in total. The fourth-order valence-corrected chi connectivity index (χ4v) is 5.24. The van der Waals surface area contributed by atoms with Crippen molar-refractivity contribution in [3.8, 4) is 0 Å². The van der Waals surface area contributed by atoms with Crippen LogP contribution in [0.1, 0.15) is 44.0 Å². The Labute approximate surface area is 176 Å². The van der Waals surface area contributed by atoms with Crippen LogP contribution in [0, 0.1) is 5.92 Å². The van der Waals surface area contributed by atoms with E-state index in [9.17, 15) is 9.59 Å². The highest BCUT2D eigenvalue weighted by molar-refractivity contribution is 6.12. The van der Waals surface area contributed by atoms with Gasteiger partial charge in [-0.1, -0.05) is 50.2 Å². The quantitative estimate of drug-likeness (QED) is 0.715. The maximum Gasteiger partial charge on any atom is 0.263 e. The van der Waals surface area contributed by atoms with Crippen LogP contribution in [0.25, 0.3) is 10.9 Å². The highest BCUT2D eigenvalue weighted by atomic mass is 16.2. The molecule has 3 heterocycles. The number of nitrogens with one attached hydrogen (secondary N) is 1. The van der Waals surface area contributed by atoms with E-state index in [-0.39, 0.29) is 11.8 Å². The third-order valence-electron chi connectivity index (χ3n) is 6.62. The minimum Gasteiger partial charge on any atom is -0.355 e. The lowest BCUT2D eigenvalue weighted by molar-refractivity contribution is -0.143. The van der Waals surface area contributed by atoms with Crippen LogP contribution in [-0.2, 0) is 21.5 Å². The van der Waals surface area contributed by atoms with Crippen molar-refractivity contribution >= 4 is 28.4 Å².